The number of thiazole rings is 1. The molecule has 2 aliphatic rings. The first-order chi connectivity index (χ1) is 11.2. The molecular weight excluding hydrogens is 310 g/mol. The summed E-state index contributed by atoms with van der Waals surface area (Å²) in [6.45, 7) is 5.57. The van der Waals surface area contributed by atoms with Gasteiger partial charge in [-0.3, -0.25) is 14.8 Å². The number of nitrogens with one attached hydrogen (secondary N) is 1. The number of rotatable bonds is 3. The molecule has 2 aromatic rings. The number of carbonyl (C=O) groups excluding carboxylic acids is 1. The largest absolute Gasteiger partial charge is 0.335 e. The van der Waals surface area contributed by atoms with Crippen LogP contribution in [-0.4, -0.2) is 50.0 Å². The molecule has 0 bridgehead atoms. The molecule has 0 spiro atoms. The number of likely N-dealkylation sites (tertiary alicyclic amines) is 1. The van der Waals surface area contributed by atoms with E-state index in [2.05, 4.69) is 27.0 Å². The van der Waals surface area contributed by atoms with E-state index in [1.807, 2.05) is 16.5 Å². The molecule has 0 radical (unpaired) electrons. The third kappa shape index (κ3) is 2.79. The number of hydrogen-bond donors (Lipinski definition) is 1. The number of fused-ring (bicyclic) bond motifs is 1. The number of aromatic amines is 1. The molecule has 1 amide bonds. The van der Waals surface area contributed by atoms with Gasteiger partial charge in [0.05, 0.1) is 6.54 Å². The first kappa shape index (κ1) is 14.8. The van der Waals surface area contributed by atoms with Crippen LogP contribution in [0.4, 0.5) is 0 Å². The van der Waals surface area contributed by atoms with Crippen molar-refractivity contribution in [2.75, 3.05) is 13.1 Å². The normalized spacial score (nSPS) is 21.6. The van der Waals surface area contributed by atoms with Gasteiger partial charge in [-0.1, -0.05) is 0 Å². The summed E-state index contributed by atoms with van der Waals surface area (Å²) in [4.78, 5) is 21.5. The number of carbonyl (C=O) groups is 1. The molecule has 1 saturated heterocycles. The zero-order chi connectivity index (χ0) is 15.8. The molecule has 1 atom stereocenters. The summed E-state index contributed by atoms with van der Waals surface area (Å²) in [6, 6.07) is 0.324. The van der Waals surface area contributed by atoms with E-state index in [1.165, 1.54) is 0 Å². The smallest absolute Gasteiger partial charge is 0.274 e. The van der Waals surface area contributed by atoms with Crippen molar-refractivity contribution in [1.82, 2.24) is 25.0 Å². The van der Waals surface area contributed by atoms with Crippen LogP contribution in [0.3, 0.4) is 0 Å². The van der Waals surface area contributed by atoms with E-state index in [0.29, 0.717) is 11.7 Å². The minimum Gasteiger partial charge on any atom is -0.335 e. The highest BCUT2D eigenvalue weighted by molar-refractivity contribution is 7.09. The van der Waals surface area contributed by atoms with Crippen LogP contribution in [0.2, 0.25) is 0 Å². The molecule has 7 heteroatoms. The molecule has 0 unspecified atom stereocenters. The minimum absolute atomic E-state index is 0.0867. The summed E-state index contributed by atoms with van der Waals surface area (Å²) < 4.78 is 0. The number of amides is 1. The average Bonchev–Trinajstić information content (AvgIpc) is 3.27. The molecule has 1 fully saturated rings. The van der Waals surface area contributed by atoms with Crippen molar-refractivity contribution < 1.29 is 4.79 Å². The zero-order valence-corrected chi connectivity index (χ0v) is 14.1. The minimum atomic E-state index is 0.0867. The predicted octanol–water partition coefficient (Wildman–Crippen LogP) is 2.05. The van der Waals surface area contributed by atoms with Gasteiger partial charge in [-0.25, -0.2) is 4.98 Å². The zero-order valence-electron chi connectivity index (χ0n) is 13.3. The SMILES string of the molecule is C[C@@H]1CCCN1C(=O)c1n[nH]c2c1CN(Cc1nccs1)CC2. The molecule has 6 nitrogen and oxygen atoms in total. The van der Waals surface area contributed by atoms with Crippen LogP contribution in [0.25, 0.3) is 0 Å². The van der Waals surface area contributed by atoms with Crippen LogP contribution >= 0.6 is 11.3 Å². The lowest BCUT2D eigenvalue weighted by Gasteiger charge is -2.27. The van der Waals surface area contributed by atoms with Crippen molar-refractivity contribution >= 4 is 17.2 Å². The molecular formula is C16H21N5OS. The second kappa shape index (κ2) is 6.05. The fourth-order valence-corrected chi connectivity index (χ4v) is 4.21. The Balaban J connectivity index is 1.53. The van der Waals surface area contributed by atoms with Gasteiger partial charge in [0.1, 0.15) is 5.01 Å². The van der Waals surface area contributed by atoms with Gasteiger partial charge in [-0.15, -0.1) is 11.3 Å². The Morgan fingerprint density at radius 2 is 2.39 bits per heavy atom. The number of H-pyrrole nitrogens is 1. The first-order valence-corrected chi connectivity index (χ1v) is 9.08. The maximum Gasteiger partial charge on any atom is 0.274 e. The number of aromatic nitrogens is 3. The Morgan fingerprint density at radius 3 is 3.13 bits per heavy atom. The molecule has 0 saturated carbocycles. The Kier molecular flexibility index (Phi) is 3.90. The van der Waals surface area contributed by atoms with E-state index in [0.717, 1.165) is 61.7 Å². The van der Waals surface area contributed by atoms with E-state index in [-0.39, 0.29) is 5.91 Å². The average molecular weight is 331 g/mol. The van der Waals surface area contributed by atoms with Gasteiger partial charge in [0.2, 0.25) is 0 Å². The van der Waals surface area contributed by atoms with E-state index >= 15 is 0 Å². The molecule has 0 aromatic carbocycles. The fourth-order valence-electron chi connectivity index (χ4n) is 3.56. The van der Waals surface area contributed by atoms with Gasteiger partial charge in [0.25, 0.3) is 5.91 Å². The summed E-state index contributed by atoms with van der Waals surface area (Å²) in [5.41, 5.74) is 2.82. The van der Waals surface area contributed by atoms with Crippen molar-refractivity contribution in [2.24, 2.45) is 0 Å². The maximum atomic E-state index is 12.8. The Morgan fingerprint density at radius 1 is 1.48 bits per heavy atom. The lowest BCUT2D eigenvalue weighted by Crippen LogP contribution is -2.36. The maximum absolute atomic E-state index is 12.8. The fraction of sp³-hybridized carbons (Fsp3) is 0.562. The van der Waals surface area contributed by atoms with E-state index in [4.69, 9.17) is 0 Å². The van der Waals surface area contributed by atoms with Gasteiger partial charge in [0.15, 0.2) is 5.69 Å². The van der Waals surface area contributed by atoms with Crippen molar-refractivity contribution in [1.29, 1.82) is 0 Å². The molecule has 2 aromatic heterocycles. The third-order valence-corrected chi connectivity index (χ3v) is 5.64. The van der Waals surface area contributed by atoms with Crippen LogP contribution in [0.1, 0.15) is 46.5 Å². The summed E-state index contributed by atoms with van der Waals surface area (Å²) in [5, 5.41) is 10.6. The van der Waals surface area contributed by atoms with Gasteiger partial charge in [-0.2, -0.15) is 5.10 Å². The van der Waals surface area contributed by atoms with Crippen molar-refractivity contribution in [3.8, 4) is 0 Å². The molecule has 4 heterocycles. The Hall–Kier alpha value is -1.73. The van der Waals surface area contributed by atoms with Gasteiger partial charge in [0, 0.05) is 54.9 Å². The monoisotopic (exact) mass is 331 g/mol. The molecule has 23 heavy (non-hydrogen) atoms. The quantitative estimate of drug-likeness (QED) is 0.935. The van der Waals surface area contributed by atoms with Gasteiger partial charge >= 0.3 is 0 Å². The van der Waals surface area contributed by atoms with Crippen LogP contribution in [0.15, 0.2) is 11.6 Å². The summed E-state index contributed by atoms with van der Waals surface area (Å²) in [6.07, 6.45) is 4.94. The standard InChI is InChI=1S/C16H21N5OS/c1-11-3-2-6-21(11)16(22)15-12-9-20(7-4-13(12)18-19-15)10-14-17-5-8-23-14/h5,8,11H,2-4,6-7,9-10H2,1H3,(H,18,19)/t11-/m1/s1. The Bertz CT molecular complexity index is 695. The van der Waals surface area contributed by atoms with Crippen LogP contribution < -0.4 is 0 Å². The van der Waals surface area contributed by atoms with Crippen molar-refractivity contribution in [2.45, 2.75) is 45.3 Å². The third-order valence-electron chi connectivity index (χ3n) is 4.87. The molecule has 2 aliphatic heterocycles. The van der Waals surface area contributed by atoms with E-state index < -0.39 is 0 Å². The molecule has 0 aliphatic carbocycles. The summed E-state index contributed by atoms with van der Waals surface area (Å²) >= 11 is 1.68. The molecule has 4 rings (SSSR count). The summed E-state index contributed by atoms with van der Waals surface area (Å²) in [7, 11) is 0. The number of hydrogen-bond acceptors (Lipinski definition) is 5. The van der Waals surface area contributed by atoms with E-state index in [1.54, 1.807) is 11.3 Å². The van der Waals surface area contributed by atoms with Crippen LogP contribution in [0.5, 0.6) is 0 Å². The van der Waals surface area contributed by atoms with Crippen LogP contribution in [0, 0.1) is 0 Å². The van der Waals surface area contributed by atoms with Crippen LogP contribution in [-0.2, 0) is 19.5 Å². The first-order valence-electron chi connectivity index (χ1n) is 8.20. The molecule has 1 N–H and O–H groups in total. The topological polar surface area (TPSA) is 65.1 Å². The second-order valence-electron chi connectivity index (χ2n) is 6.41. The lowest BCUT2D eigenvalue weighted by atomic mass is 10.0. The van der Waals surface area contributed by atoms with Gasteiger partial charge < -0.3 is 4.90 Å². The highest BCUT2D eigenvalue weighted by Gasteiger charge is 2.32. The van der Waals surface area contributed by atoms with Gasteiger partial charge in [-0.05, 0) is 19.8 Å². The summed E-state index contributed by atoms with van der Waals surface area (Å²) in [5.74, 6) is 0.0867. The van der Waals surface area contributed by atoms with Crippen molar-refractivity contribution in [3.63, 3.8) is 0 Å². The number of nitrogens with zero attached hydrogens (tertiary/aromatic N) is 4. The predicted molar refractivity (Wildman–Crippen MR) is 88.3 cm³/mol. The van der Waals surface area contributed by atoms with Crippen molar-refractivity contribution in [3.05, 3.63) is 33.5 Å². The lowest BCUT2D eigenvalue weighted by molar-refractivity contribution is 0.0738. The Labute approximate surface area is 139 Å². The second-order valence-corrected chi connectivity index (χ2v) is 7.38. The molecule has 122 valence electrons. The highest BCUT2D eigenvalue weighted by Crippen LogP contribution is 2.25. The highest BCUT2D eigenvalue weighted by atomic mass is 32.1. The van der Waals surface area contributed by atoms with E-state index in [9.17, 15) is 4.79 Å².